The van der Waals surface area contributed by atoms with E-state index in [2.05, 4.69) is 47.0 Å². The molecule has 0 saturated carbocycles. The van der Waals surface area contributed by atoms with Crippen molar-refractivity contribution in [1.82, 2.24) is 14.8 Å². The van der Waals surface area contributed by atoms with Gasteiger partial charge in [-0.1, -0.05) is 48.3 Å². The Kier molecular flexibility index (Phi) is 6.52. The van der Waals surface area contributed by atoms with Gasteiger partial charge in [0.25, 0.3) is 5.91 Å². The first-order chi connectivity index (χ1) is 14.1. The lowest BCUT2D eigenvalue weighted by atomic mass is 10.2. The summed E-state index contributed by atoms with van der Waals surface area (Å²) >= 11 is 1.40. The highest BCUT2D eigenvalue weighted by Gasteiger charge is 2.29. The van der Waals surface area contributed by atoms with Gasteiger partial charge in [-0.05, 0) is 19.1 Å². The molecule has 3 rings (SSSR count). The summed E-state index contributed by atoms with van der Waals surface area (Å²) in [6.07, 6.45) is 1.64. The monoisotopic (exact) mass is 445 g/mol. The highest BCUT2D eigenvalue weighted by Crippen LogP contribution is 2.26. The zero-order valence-corrected chi connectivity index (χ0v) is 20.4. The first-order valence-electron chi connectivity index (χ1n) is 10.2. The van der Waals surface area contributed by atoms with Crippen LogP contribution in [-0.4, -0.2) is 74.6 Å². The van der Waals surface area contributed by atoms with Gasteiger partial charge in [0.15, 0.2) is 5.13 Å². The van der Waals surface area contributed by atoms with Crippen LogP contribution in [0, 0.1) is 0 Å². The second kappa shape index (κ2) is 8.77. The Morgan fingerprint density at radius 3 is 2.40 bits per heavy atom. The number of amides is 3. The maximum absolute atomic E-state index is 12.8. The molecule has 2 heterocycles. The van der Waals surface area contributed by atoms with Crippen LogP contribution in [0.3, 0.4) is 0 Å². The minimum Gasteiger partial charge on any atom is -0.344 e. The Hall–Kier alpha value is -2.39. The highest BCUT2D eigenvalue weighted by molar-refractivity contribution is 7.17. The van der Waals surface area contributed by atoms with E-state index in [0.29, 0.717) is 24.5 Å². The molecule has 0 bridgehead atoms. The van der Waals surface area contributed by atoms with Gasteiger partial charge in [-0.3, -0.25) is 4.79 Å². The number of urea groups is 1. The number of rotatable bonds is 4. The summed E-state index contributed by atoms with van der Waals surface area (Å²) in [6.45, 7) is 11.0. The zero-order valence-electron chi connectivity index (χ0n) is 18.6. The second-order valence-corrected chi connectivity index (χ2v) is 15.0. The first kappa shape index (κ1) is 22.3. The molecule has 1 unspecified atom stereocenters. The third-order valence-corrected chi connectivity index (χ3v) is 8.38. The van der Waals surface area contributed by atoms with Gasteiger partial charge < -0.3 is 20.0 Å². The van der Waals surface area contributed by atoms with E-state index in [4.69, 9.17) is 0 Å². The molecule has 1 atom stereocenters. The molecule has 0 radical (unpaired) electrons. The number of thiazole rings is 1. The molecule has 162 valence electrons. The molecular weight excluding hydrogens is 414 g/mol. The molecular formula is C21H31N5O2SSi. The first-order valence-corrected chi connectivity index (χ1v) is 14.5. The molecule has 3 amide bonds. The smallest absolute Gasteiger partial charge is 0.322 e. The maximum atomic E-state index is 12.8. The number of hydrogen-bond acceptors (Lipinski definition) is 5. The Morgan fingerprint density at radius 2 is 1.83 bits per heavy atom. The van der Waals surface area contributed by atoms with Gasteiger partial charge in [-0.25, -0.2) is 9.78 Å². The highest BCUT2D eigenvalue weighted by atomic mass is 32.1. The number of carbonyl (C=O) groups is 2. The fourth-order valence-electron chi connectivity index (χ4n) is 3.41. The second-order valence-electron chi connectivity index (χ2n) is 8.95. The molecule has 30 heavy (non-hydrogen) atoms. The quantitative estimate of drug-likeness (QED) is 0.734. The lowest BCUT2D eigenvalue weighted by Crippen LogP contribution is -2.55. The Balaban J connectivity index is 1.60. The van der Waals surface area contributed by atoms with Crippen LogP contribution in [0.1, 0.15) is 16.6 Å². The van der Waals surface area contributed by atoms with Gasteiger partial charge in [-0.15, -0.1) is 0 Å². The van der Waals surface area contributed by atoms with Crippen LogP contribution in [0.4, 0.5) is 15.6 Å². The van der Waals surface area contributed by atoms with Crippen LogP contribution in [-0.2, 0) is 0 Å². The standard InChI is InChI=1S/C21H31N5O2SSi/c1-15-14-25(21-22-13-18(29-21)19(27)24(2)3)11-12-26(15)20(28)23-16-7-9-17(10-8-16)30(4,5)6/h7-10,13,15H,11-12,14H2,1-6H3,(H,23,28). The van der Waals surface area contributed by atoms with Gasteiger partial charge in [-0.2, -0.15) is 0 Å². The molecule has 1 aromatic heterocycles. The number of nitrogens with one attached hydrogen (secondary N) is 1. The summed E-state index contributed by atoms with van der Waals surface area (Å²) in [5.74, 6) is -0.0371. The van der Waals surface area contributed by atoms with E-state index < -0.39 is 8.07 Å². The Bertz CT molecular complexity index is 907. The molecule has 1 saturated heterocycles. The topological polar surface area (TPSA) is 68.8 Å². The van der Waals surface area contributed by atoms with Crippen LogP contribution in [0.2, 0.25) is 19.6 Å². The largest absolute Gasteiger partial charge is 0.344 e. The third-order valence-electron chi connectivity index (χ3n) is 5.27. The van der Waals surface area contributed by atoms with E-state index in [1.165, 1.54) is 16.5 Å². The van der Waals surface area contributed by atoms with E-state index in [1.54, 1.807) is 25.2 Å². The molecule has 7 nitrogen and oxygen atoms in total. The predicted molar refractivity (Wildman–Crippen MR) is 127 cm³/mol. The summed E-state index contributed by atoms with van der Waals surface area (Å²) in [4.78, 5) is 35.5. The summed E-state index contributed by atoms with van der Waals surface area (Å²) in [7, 11) is 2.12. The summed E-state index contributed by atoms with van der Waals surface area (Å²) < 4.78 is 0. The van der Waals surface area contributed by atoms with Crippen molar-refractivity contribution in [3.8, 4) is 0 Å². The van der Waals surface area contributed by atoms with Gasteiger partial charge >= 0.3 is 6.03 Å². The summed E-state index contributed by atoms with van der Waals surface area (Å²) in [5, 5.41) is 5.23. The Labute approximate surface area is 183 Å². The van der Waals surface area contributed by atoms with Gasteiger partial charge in [0.1, 0.15) is 4.88 Å². The number of benzene rings is 1. The maximum Gasteiger partial charge on any atom is 0.322 e. The van der Waals surface area contributed by atoms with Crippen molar-refractivity contribution in [3.63, 3.8) is 0 Å². The van der Waals surface area contributed by atoms with E-state index in [-0.39, 0.29) is 18.0 Å². The fourth-order valence-corrected chi connectivity index (χ4v) is 5.55. The number of hydrogen-bond donors (Lipinski definition) is 1. The summed E-state index contributed by atoms with van der Waals surface area (Å²) in [6, 6.07) is 8.19. The molecule has 1 N–H and O–H groups in total. The van der Waals surface area contributed by atoms with E-state index >= 15 is 0 Å². The molecule has 1 aliphatic rings. The minimum absolute atomic E-state index is 0.0371. The predicted octanol–water partition coefficient (Wildman–Crippen LogP) is 3.13. The minimum atomic E-state index is -1.35. The molecule has 0 spiro atoms. The van der Waals surface area contributed by atoms with Crippen molar-refractivity contribution in [3.05, 3.63) is 35.3 Å². The summed E-state index contributed by atoms with van der Waals surface area (Å²) in [5.41, 5.74) is 0.823. The van der Waals surface area contributed by atoms with Crippen molar-refractivity contribution in [2.45, 2.75) is 32.6 Å². The van der Waals surface area contributed by atoms with Crippen LogP contribution in [0.15, 0.2) is 30.5 Å². The van der Waals surface area contributed by atoms with Crippen LogP contribution >= 0.6 is 11.3 Å². The molecule has 0 aliphatic carbocycles. The van der Waals surface area contributed by atoms with Crippen LogP contribution < -0.4 is 15.4 Å². The normalized spacial score (nSPS) is 17.1. The van der Waals surface area contributed by atoms with Crippen molar-refractivity contribution in [2.24, 2.45) is 0 Å². The molecule has 2 aromatic rings. The number of carbonyl (C=O) groups excluding carboxylic acids is 2. The van der Waals surface area contributed by atoms with Gasteiger partial charge in [0.2, 0.25) is 0 Å². The SMILES string of the molecule is CC1CN(c2ncc(C(=O)N(C)C)s2)CCN1C(=O)Nc1ccc([Si](C)(C)C)cc1. The number of aromatic nitrogens is 1. The van der Waals surface area contributed by atoms with E-state index in [0.717, 1.165) is 10.8 Å². The van der Waals surface area contributed by atoms with Crippen molar-refractivity contribution in [2.75, 3.05) is 43.9 Å². The Morgan fingerprint density at radius 1 is 1.17 bits per heavy atom. The fraction of sp³-hybridized carbons (Fsp3) is 0.476. The third kappa shape index (κ3) is 5.01. The van der Waals surface area contributed by atoms with E-state index in [1.807, 2.05) is 24.0 Å². The lowest BCUT2D eigenvalue weighted by Gasteiger charge is -2.39. The van der Waals surface area contributed by atoms with Crippen molar-refractivity contribution < 1.29 is 9.59 Å². The number of anilines is 2. The lowest BCUT2D eigenvalue weighted by molar-refractivity contribution is 0.0832. The molecule has 1 fully saturated rings. The molecule has 1 aromatic carbocycles. The van der Waals surface area contributed by atoms with Crippen molar-refractivity contribution >= 4 is 47.4 Å². The van der Waals surface area contributed by atoms with Crippen molar-refractivity contribution in [1.29, 1.82) is 0 Å². The molecule has 9 heteroatoms. The van der Waals surface area contributed by atoms with Crippen LogP contribution in [0.25, 0.3) is 0 Å². The number of piperazine rings is 1. The number of nitrogens with zero attached hydrogens (tertiary/aromatic N) is 4. The zero-order chi connectivity index (χ0) is 22.1. The average Bonchev–Trinajstić information content (AvgIpc) is 3.17. The van der Waals surface area contributed by atoms with E-state index in [9.17, 15) is 9.59 Å². The van der Waals surface area contributed by atoms with Gasteiger partial charge in [0.05, 0.1) is 14.3 Å². The van der Waals surface area contributed by atoms with Crippen LogP contribution in [0.5, 0.6) is 0 Å². The average molecular weight is 446 g/mol. The molecule has 1 aliphatic heterocycles. The van der Waals surface area contributed by atoms with Gasteiger partial charge in [0, 0.05) is 45.5 Å².